The number of unbranched alkanes of at least 4 members (excludes halogenated alkanes) is 3. The highest BCUT2D eigenvalue weighted by atomic mass is 16.6. The highest BCUT2D eigenvalue weighted by molar-refractivity contribution is 5.91. The molecule has 140 valence electrons. The van der Waals surface area contributed by atoms with Crippen molar-refractivity contribution in [3.8, 4) is 0 Å². The van der Waals surface area contributed by atoms with Crippen molar-refractivity contribution < 1.29 is 14.3 Å². The SMILES string of the molecule is CCCCCCC(C)NC(=O)Nc1ccc(N(C)C(=O)OCC)cc1. The fraction of sp³-hybridized carbons (Fsp3) is 0.579. The first kappa shape index (κ1) is 20.8. The maximum absolute atomic E-state index is 12.0. The summed E-state index contributed by atoms with van der Waals surface area (Å²) in [5.41, 5.74) is 1.38. The first-order valence-electron chi connectivity index (χ1n) is 9.06. The van der Waals surface area contributed by atoms with Crippen molar-refractivity contribution in [1.29, 1.82) is 0 Å². The van der Waals surface area contributed by atoms with E-state index in [-0.39, 0.29) is 12.1 Å². The number of urea groups is 1. The van der Waals surface area contributed by atoms with Crippen LogP contribution >= 0.6 is 0 Å². The number of carbonyl (C=O) groups excluding carboxylic acids is 2. The molecule has 0 fully saturated rings. The predicted octanol–water partition coefficient (Wildman–Crippen LogP) is 4.76. The van der Waals surface area contributed by atoms with Gasteiger partial charge in [-0.15, -0.1) is 0 Å². The maximum atomic E-state index is 12.0. The number of rotatable bonds is 9. The van der Waals surface area contributed by atoms with Gasteiger partial charge in [-0.3, -0.25) is 4.90 Å². The summed E-state index contributed by atoms with van der Waals surface area (Å²) in [6, 6.07) is 6.98. The molecule has 1 aromatic rings. The second-order valence-corrected chi connectivity index (χ2v) is 6.15. The summed E-state index contributed by atoms with van der Waals surface area (Å²) in [4.78, 5) is 25.1. The fourth-order valence-electron chi connectivity index (χ4n) is 2.43. The Labute approximate surface area is 150 Å². The Balaban J connectivity index is 2.43. The lowest BCUT2D eigenvalue weighted by atomic mass is 10.1. The predicted molar refractivity (Wildman–Crippen MR) is 102 cm³/mol. The monoisotopic (exact) mass is 349 g/mol. The van der Waals surface area contributed by atoms with E-state index in [1.54, 1.807) is 38.2 Å². The lowest BCUT2D eigenvalue weighted by molar-refractivity contribution is 0.161. The van der Waals surface area contributed by atoms with Crippen molar-refractivity contribution in [3.05, 3.63) is 24.3 Å². The van der Waals surface area contributed by atoms with Gasteiger partial charge < -0.3 is 15.4 Å². The van der Waals surface area contributed by atoms with E-state index in [4.69, 9.17) is 4.74 Å². The standard InChI is InChI=1S/C19H31N3O3/c1-5-7-8-9-10-15(3)20-18(23)21-16-11-13-17(14-12-16)22(4)19(24)25-6-2/h11-15H,5-10H2,1-4H3,(H2,20,21,23). The smallest absolute Gasteiger partial charge is 0.413 e. The molecule has 0 heterocycles. The van der Waals surface area contributed by atoms with Crippen LogP contribution in [0.15, 0.2) is 24.3 Å². The number of nitrogens with zero attached hydrogens (tertiary/aromatic N) is 1. The second kappa shape index (κ2) is 11.3. The molecule has 25 heavy (non-hydrogen) atoms. The van der Waals surface area contributed by atoms with Crippen molar-refractivity contribution >= 4 is 23.5 Å². The first-order valence-corrected chi connectivity index (χ1v) is 9.06. The summed E-state index contributed by atoms with van der Waals surface area (Å²) >= 11 is 0. The quantitative estimate of drug-likeness (QED) is 0.631. The van der Waals surface area contributed by atoms with Gasteiger partial charge in [-0.25, -0.2) is 9.59 Å². The highest BCUT2D eigenvalue weighted by Crippen LogP contribution is 2.17. The zero-order chi connectivity index (χ0) is 18.7. The molecule has 0 bridgehead atoms. The molecule has 1 rings (SSSR count). The molecule has 0 aliphatic heterocycles. The molecule has 1 atom stereocenters. The summed E-state index contributed by atoms with van der Waals surface area (Å²) in [5.74, 6) is 0. The van der Waals surface area contributed by atoms with Crippen LogP contribution in [0.1, 0.15) is 52.9 Å². The third kappa shape index (κ3) is 7.92. The van der Waals surface area contributed by atoms with E-state index in [1.165, 1.54) is 24.2 Å². The molecular weight excluding hydrogens is 318 g/mol. The van der Waals surface area contributed by atoms with Gasteiger partial charge in [0.2, 0.25) is 0 Å². The minimum absolute atomic E-state index is 0.145. The lowest BCUT2D eigenvalue weighted by Gasteiger charge is -2.17. The molecule has 6 nitrogen and oxygen atoms in total. The number of amides is 3. The number of ether oxygens (including phenoxy) is 1. The van der Waals surface area contributed by atoms with Crippen LogP contribution in [0.25, 0.3) is 0 Å². The van der Waals surface area contributed by atoms with Crippen LogP contribution in [0.4, 0.5) is 21.0 Å². The number of hydrogen-bond donors (Lipinski definition) is 2. The molecule has 1 unspecified atom stereocenters. The summed E-state index contributed by atoms with van der Waals surface area (Å²) in [6.45, 7) is 6.30. The Bertz CT molecular complexity index is 531. The lowest BCUT2D eigenvalue weighted by Crippen LogP contribution is -2.36. The summed E-state index contributed by atoms with van der Waals surface area (Å²) < 4.78 is 4.95. The third-order valence-corrected chi connectivity index (χ3v) is 3.92. The molecular formula is C19H31N3O3. The Hall–Kier alpha value is -2.24. The number of benzene rings is 1. The second-order valence-electron chi connectivity index (χ2n) is 6.15. The van der Waals surface area contributed by atoms with Gasteiger partial charge in [-0.05, 0) is 44.5 Å². The molecule has 0 aromatic heterocycles. The number of carbonyl (C=O) groups is 2. The van der Waals surface area contributed by atoms with Crippen molar-refractivity contribution in [3.63, 3.8) is 0 Å². The maximum Gasteiger partial charge on any atom is 0.413 e. The van der Waals surface area contributed by atoms with E-state index >= 15 is 0 Å². The largest absolute Gasteiger partial charge is 0.449 e. The highest BCUT2D eigenvalue weighted by Gasteiger charge is 2.12. The first-order chi connectivity index (χ1) is 12.0. The Morgan fingerprint density at radius 2 is 1.80 bits per heavy atom. The van der Waals surface area contributed by atoms with Crippen molar-refractivity contribution in [2.24, 2.45) is 0 Å². The van der Waals surface area contributed by atoms with Gasteiger partial charge >= 0.3 is 12.1 Å². The minimum Gasteiger partial charge on any atom is -0.449 e. The Kier molecular flexibility index (Phi) is 9.43. The molecule has 2 N–H and O–H groups in total. The Morgan fingerprint density at radius 1 is 1.12 bits per heavy atom. The topological polar surface area (TPSA) is 70.7 Å². The van der Waals surface area contributed by atoms with Crippen molar-refractivity contribution in [1.82, 2.24) is 5.32 Å². The normalized spacial score (nSPS) is 11.5. The van der Waals surface area contributed by atoms with Crippen LogP contribution in [0.2, 0.25) is 0 Å². The zero-order valence-corrected chi connectivity index (χ0v) is 15.8. The molecule has 1 aromatic carbocycles. The van der Waals surface area contributed by atoms with Gasteiger partial charge in [-0.2, -0.15) is 0 Å². The van der Waals surface area contributed by atoms with Gasteiger partial charge in [0, 0.05) is 24.5 Å². The number of hydrogen-bond acceptors (Lipinski definition) is 3. The van der Waals surface area contributed by atoms with E-state index in [2.05, 4.69) is 17.6 Å². The van der Waals surface area contributed by atoms with Gasteiger partial charge in [0.25, 0.3) is 0 Å². The zero-order valence-electron chi connectivity index (χ0n) is 15.8. The number of nitrogens with one attached hydrogen (secondary N) is 2. The minimum atomic E-state index is -0.405. The summed E-state index contributed by atoms with van der Waals surface area (Å²) in [6.07, 6.45) is 5.37. The van der Waals surface area contributed by atoms with Gasteiger partial charge in [0.15, 0.2) is 0 Å². The molecule has 0 saturated carbocycles. The molecule has 6 heteroatoms. The fourth-order valence-corrected chi connectivity index (χ4v) is 2.43. The average molecular weight is 349 g/mol. The van der Waals surface area contributed by atoms with E-state index in [1.807, 2.05) is 6.92 Å². The molecule has 3 amide bonds. The summed E-state index contributed by atoms with van der Waals surface area (Å²) in [5, 5.41) is 5.75. The molecule has 0 spiro atoms. The molecule has 0 aliphatic carbocycles. The Morgan fingerprint density at radius 3 is 2.40 bits per heavy atom. The van der Waals surface area contributed by atoms with Crippen LogP contribution < -0.4 is 15.5 Å². The van der Waals surface area contributed by atoms with Crippen LogP contribution in [-0.4, -0.2) is 31.8 Å². The van der Waals surface area contributed by atoms with Gasteiger partial charge in [-0.1, -0.05) is 32.6 Å². The van der Waals surface area contributed by atoms with E-state index in [0.29, 0.717) is 18.0 Å². The van der Waals surface area contributed by atoms with Crippen LogP contribution in [0.3, 0.4) is 0 Å². The van der Waals surface area contributed by atoms with Crippen LogP contribution in [0, 0.1) is 0 Å². The summed E-state index contributed by atoms with van der Waals surface area (Å²) in [7, 11) is 1.65. The van der Waals surface area contributed by atoms with Crippen molar-refractivity contribution in [2.45, 2.75) is 58.9 Å². The van der Waals surface area contributed by atoms with E-state index in [0.717, 1.165) is 12.8 Å². The van der Waals surface area contributed by atoms with E-state index < -0.39 is 6.09 Å². The van der Waals surface area contributed by atoms with E-state index in [9.17, 15) is 9.59 Å². The van der Waals surface area contributed by atoms with Crippen molar-refractivity contribution in [2.75, 3.05) is 23.9 Å². The molecule has 0 radical (unpaired) electrons. The molecule has 0 saturated heterocycles. The number of anilines is 2. The third-order valence-electron chi connectivity index (χ3n) is 3.92. The van der Waals surface area contributed by atoms with Crippen LogP contribution in [-0.2, 0) is 4.74 Å². The van der Waals surface area contributed by atoms with Gasteiger partial charge in [0.1, 0.15) is 0 Å². The van der Waals surface area contributed by atoms with Crippen LogP contribution in [0.5, 0.6) is 0 Å². The van der Waals surface area contributed by atoms with Gasteiger partial charge in [0.05, 0.1) is 6.61 Å². The molecule has 0 aliphatic rings. The average Bonchev–Trinajstić information content (AvgIpc) is 2.59.